The second-order valence-electron chi connectivity index (χ2n) is 5.43. The van der Waals surface area contributed by atoms with E-state index in [1.54, 1.807) is 7.11 Å². The standard InChI is InChI=1S/C18H16N4OS/c1-11-16(22-10-4-3-5-14(22)20-11)15-17(24-18(19)21-15)12-6-8-13(23-2)9-7-12/h3-10H,1-2H3,(H2,19,21). The third kappa shape index (κ3) is 2.32. The number of pyridine rings is 1. The van der Waals surface area contributed by atoms with Crippen LogP contribution in [0.3, 0.4) is 0 Å². The van der Waals surface area contributed by atoms with Gasteiger partial charge in [-0.15, -0.1) is 0 Å². The third-order valence-corrected chi connectivity index (χ3v) is 4.86. The summed E-state index contributed by atoms with van der Waals surface area (Å²) < 4.78 is 7.29. The molecule has 3 heterocycles. The molecule has 6 heteroatoms. The maximum Gasteiger partial charge on any atom is 0.181 e. The van der Waals surface area contributed by atoms with Crippen LogP contribution in [0, 0.1) is 6.92 Å². The van der Waals surface area contributed by atoms with Gasteiger partial charge in [0.1, 0.15) is 17.1 Å². The van der Waals surface area contributed by atoms with Gasteiger partial charge in [0.05, 0.1) is 23.4 Å². The van der Waals surface area contributed by atoms with Crippen molar-refractivity contribution >= 4 is 22.1 Å². The van der Waals surface area contributed by atoms with Crippen LogP contribution in [0.1, 0.15) is 5.69 Å². The Balaban J connectivity index is 1.94. The number of nitrogen functional groups attached to an aromatic ring is 1. The number of benzene rings is 1. The molecule has 4 aromatic rings. The summed E-state index contributed by atoms with van der Waals surface area (Å²) in [6.45, 7) is 2.00. The van der Waals surface area contributed by atoms with Crippen molar-refractivity contribution in [1.29, 1.82) is 0 Å². The zero-order chi connectivity index (χ0) is 16.7. The summed E-state index contributed by atoms with van der Waals surface area (Å²) in [5.41, 5.74) is 10.8. The molecule has 0 unspecified atom stereocenters. The van der Waals surface area contributed by atoms with E-state index in [0.29, 0.717) is 5.13 Å². The minimum atomic E-state index is 0.543. The Hall–Kier alpha value is -2.86. The topological polar surface area (TPSA) is 65.4 Å². The lowest BCUT2D eigenvalue weighted by molar-refractivity contribution is 0.415. The van der Waals surface area contributed by atoms with E-state index in [9.17, 15) is 0 Å². The Morgan fingerprint density at radius 1 is 1.08 bits per heavy atom. The number of ether oxygens (including phenoxy) is 1. The van der Waals surface area contributed by atoms with Crippen molar-refractivity contribution < 1.29 is 4.74 Å². The molecule has 0 aliphatic rings. The second-order valence-corrected chi connectivity index (χ2v) is 6.46. The number of nitrogens with two attached hydrogens (primary N) is 1. The van der Waals surface area contributed by atoms with Gasteiger partial charge in [0.25, 0.3) is 0 Å². The minimum absolute atomic E-state index is 0.543. The van der Waals surface area contributed by atoms with Crippen molar-refractivity contribution in [1.82, 2.24) is 14.4 Å². The molecule has 0 radical (unpaired) electrons. The fraction of sp³-hybridized carbons (Fsp3) is 0.111. The molecular formula is C18H16N4OS. The van der Waals surface area contributed by atoms with E-state index in [4.69, 9.17) is 10.5 Å². The number of hydrogen-bond acceptors (Lipinski definition) is 5. The fourth-order valence-electron chi connectivity index (χ4n) is 2.83. The van der Waals surface area contributed by atoms with Crippen molar-refractivity contribution in [3.8, 4) is 27.6 Å². The van der Waals surface area contributed by atoms with Crippen molar-refractivity contribution in [2.75, 3.05) is 12.8 Å². The lowest BCUT2D eigenvalue weighted by atomic mass is 10.1. The molecule has 0 atom stereocenters. The largest absolute Gasteiger partial charge is 0.497 e. The average Bonchev–Trinajstić information content (AvgIpc) is 3.13. The first-order valence-electron chi connectivity index (χ1n) is 7.52. The van der Waals surface area contributed by atoms with E-state index in [1.807, 2.05) is 55.6 Å². The lowest BCUT2D eigenvalue weighted by Gasteiger charge is -2.05. The van der Waals surface area contributed by atoms with Gasteiger partial charge in [-0.05, 0) is 48.9 Å². The molecule has 0 saturated heterocycles. The highest BCUT2D eigenvalue weighted by atomic mass is 32.1. The Kier molecular flexibility index (Phi) is 3.46. The lowest BCUT2D eigenvalue weighted by Crippen LogP contribution is -1.92. The van der Waals surface area contributed by atoms with Crippen LogP contribution >= 0.6 is 11.3 Å². The monoisotopic (exact) mass is 336 g/mol. The molecule has 0 aliphatic carbocycles. The van der Waals surface area contributed by atoms with Crippen LogP contribution in [-0.4, -0.2) is 21.5 Å². The number of thiazole rings is 1. The van der Waals surface area contributed by atoms with Crippen LogP contribution in [0.25, 0.3) is 27.5 Å². The molecule has 4 rings (SSSR count). The van der Waals surface area contributed by atoms with Gasteiger partial charge in [-0.1, -0.05) is 17.4 Å². The first kappa shape index (κ1) is 14.7. The Morgan fingerprint density at radius 3 is 2.62 bits per heavy atom. The molecular weight excluding hydrogens is 320 g/mol. The summed E-state index contributed by atoms with van der Waals surface area (Å²) in [5.74, 6) is 0.823. The Labute approximate surface area is 143 Å². The maximum atomic E-state index is 6.03. The predicted octanol–water partition coefficient (Wildman–Crippen LogP) is 4.02. The van der Waals surface area contributed by atoms with Crippen LogP contribution in [0.2, 0.25) is 0 Å². The number of methoxy groups -OCH3 is 1. The number of aromatic nitrogens is 3. The van der Waals surface area contributed by atoms with Crippen LogP contribution in [0.15, 0.2) is 48.7 Å². The van der Waals surface area contributed by atoms with E-state index in [2.05, 4.69) is 14.4 Å². The molecule has 0 aliphatic heterocycles. The molecule has 5 nitrogen and oxygen atoms in total. The van der Waals surface area contributed by atoms with E-state index in [0.717, 1.165) is 38.9 Å². The average molecular weight is 336 g/mol. The first-order valence-corrected chi connectivity index (χ1v) is 8.34. The smallest absolute Gasteiger partial charge is 0.181 e. The van der Waals surface area contributed by atoms with Crippen LogP contribution in [-0.2, 0) is 0 Å². The van der Waals surface area contributed by atoms with E-state index < -0.39 is 0 Å². The van der Waals surface area contributed by atoms with Gasteiger partial charge in [0, 0.05) is 6.20 Å². The maximum absolute atomic E-state index is 6.03. The van der Waals surface area contributed by atoms with Crippen molar-refractivity contribution in [3.63, 3.8) is 0 Å². The number of rotatable bonds is 3. The minimum Gasteiger partial charge on any atom is -0.497 e. The fourth-order valence-corrected chi connectivity index (χ4v) is 3.67. The summed E-state index contributed by atoms with van der Waals surface area (Å²) >= 11 is 1.48. The molecule has 24 heavy (non-hydrogen) atoms. The number of imidazole rings is 1. The molecule has 0 bridgehead atoms. The highest BCUT2D eigenvalue weighted by Crippen LogP contribution is 2.39. The zero-order valence-electron chi connectivity index (χ0n) is 13.4. The van der Waals surface area contributed by atoms with Crippen molar-refractivity contribution in [2.24, 2.45) is 0 Å². The quantitative estimate of drug-likeness (QED) is 0.613. The van der Waals surface area contributed by atoms with Gasteiger partial charge < -0.3 is 10.5 Å². The number of hydrogen-bond donors (Lipinski definition) is 1. The van der Waals surface area contributed by atoms with Crippen LogP contribution in [0.4, 0.5) is 5.13 Å². The number of fused-ring (bicyclic) bond motifs is 1. The summed E-state index contributed by atoms with van der Waals surface area (Å²) in [6.07, 6.45) is 2.00. The van der Waals surface area contributed by atoms with Crippen molar-refractivity contribution in [2.45, 2.75) is 6.92 Å². The second kappa shape index (κ2) is 5.65. The van der Waals surface area contributed by atoms with Gasteiger partial charge in [-0.25, -0.2) is 9.97 Å². The molecule has 3 aromatic heterocycles. The van der Waals surface area contributed by atoms with Gasteiger partial charge in [0.2, 0.25) is 0 Å². The SMILES string of the molecule is COc1ccc(-c2sc(N)nc2-c2c(C)nc3ccccn23)cc1. The van der Waals surface area contributed by atoms with Crippen molar-refractivity contribution in [3.05, 3.63) is 54.4 Å². The van der Waals surface area contributed by atoms with Crippen LogP contribution in [0.5, 0.6) is 5.75 Å². The van der Waals surface area contributed by atoms with Gasteiger partial charge in [-0.2, -0.15) is 0 Å². The number of aryl methyl sites for hydroxylation is 1. The summed E-state index contributed by atoms with van der Waals surface area (Å²) in [5, 5.41) is 0.543. The van der Waals surface area contributed by atoms with Crippen LogP contribution < -0.4 is 10.5 Å². The molecule has 120 valence electrons. The molecule has 0 spiro atoms. The predicted molar refractivity (Wildman–Crippen MR) is 97.4 cm³/mol. The molecule has 0 saturated carbocycles. The molecule has 2 N–H and O–H groups in total. The molecule has 1 aromatic carbocycles. The normalized spacial score (nSPS) is 11.1. The van der Waals surface area contributed by atoms with E-state index in [1.165, 1.54) is 11.3 Å². The zero-order valence-corrected chi connectivity index (χ0v) is 14.2. The number of nitrogens with zero attached hydrogens (tertiary/aromatic N) is 3. The highest BCUT2D eigenvalue weighted by molar-refractivity contribution is 7.19. The number of anilines is 1. The Bertz CT molecular complexity index is 1020. The Morgan fingerprint density at radius 2 is 1.88 bits per heavy atom. The summed E-state index contributed by atoms with van der Waals surface area (Å²) in [6, 6.07) is 13.9. The van der Waals surface area contributed by atoms with Gasteiger partial charge >= 0.3 is 0 Å². The molecule has 0 fully saturated rings. The summed E-state index contributed by atoms with van der Waals surface area (Å²) in [7, 11) is 1.66. The summed E-state index contributed by atoms with van der Waals surface area (Å²) in [4.78, 5) is 10.2. The van der Waals surface area contributed by atoms with Gasteiger partial charge in [-0.3, -0.25) is 4.40 Å². The first-order chi connectivity index (χ1) is 11.7. The van der Waals surface area contributed by atoms with Gasteiger partial charge in [0.15, 0.2) is 5.13 Å². The highest BCUT2D eigenvalue weighted by Gasteiger charge is 2.19. The van der Waals surface area contributed by atoms with E-state index in [-0.39, 0.29) is 0 Å². The third-order valence-electron chi connectivity index (χ3n) is 3.92. The van der Waals surface area contributed by atoms with E-state index >= 15 is 0 Å². The molecule has 0 amide bonds.